The summed E-state index contributed by atoms with van der Waals surface area (Å²) in [7, 11) is 2.11. The Bertz CT molecular complexity index is 479. The van der Waals surface area contributed by atoms with Crippen molar-refractivity contribution in [2.24, 2.45) is 0 Å². The fraction of sp³-hybridized carbons (Fsp3) is 0.286. The van der Waals surface area contributed by atoms with Gasteiger partial charge in [-0.05, 0) is 40.9 Å². The van der Waals surface area contributed by atoms with E-state index < -0.39 is 0 Å². The minimum atomic E-state index is 0.561. The van der Waals surface area contributed by atoms with Crippen LogP contribution in [0, 0.1) is 6.92 Å². The van der Waals surface area contributed by atoms with Crippen LogP contribution < -0.4 is 4.90 Å². The summed E-state index contributed by atoms with van der Waals surface area (Å²) in [4.78, 5) is 2.25. The summed E-state index contributed by atoms with van der Waals surface area (Å²) in [5, 5.41) is 4.30. The summed E-state index contributed by atoms with van der Waals surface area (Å²) in [5.41, 5.74) is 5.02. The van der Waals surface area contributed by atoms with Crippen molar-refractivity contribution in [1.82, 2.24) is 0 Å². The molecule has 1 aromatic heterocycles. The molecule has 0 bridgehead atoms. The third-order valence-electron chi connectivity index (χ3n) is 2.79. The van der Waals surface area contributed by atoms with Gasteiger partial charge in [-0.2, -0.15) is 11.3 Å². The van der Waals surface area contributed by atoms with Gasteiger partial charge in [-0.15, -0.1) is 11.6 Å². The van der Waals surface area contributed by atoms with E-state index in [9.17, 15) is 0 Å². The van der Waals surface area contributed by atoms with E-state index in [-0.39, 0.29) is 0 Å². The van der Waals surface area contributed by atoms with Crippen molar-refractivity contribution in [3.63, 3.8) is 0 Å². The minimum absolute atomic E-state index is 0.561. The molecule has 3 heteroatoms. The second kappa shape index (κ2) is 5.56. The Hall–Kier alpha value is -0.990. The van der Waals surface area contributed by atoms with Gasteiger partial charge in [0.05, 0.1) is 0 Å². The highest BCUT2D eigenvalue weighted by Crippen LogP contribution is 2.24. The van der Waals surface area contributed by atoms with Gasteiger partial charge in [-0.1, -0.05) is 17.7 Å². The summed E-state index contributed by atoms with van der Waals surface area (Å²) in [6.07, 6.45) is 0. The number of hydrogen-bond acceptors (Lipinski definition) is 2. The van der Waals surface area contributed by atoms with Crippen LogP contribution >= 0.6 is 22.9 Å². The van der Waals surface area contributed by atoms with Crippen molar-refractivity contribution < 1.29 is 0 Å². The van der Waals surface area contributed by atoms with Crippen LogP contribution in [0.1, 0.15) is 16.7 Å². The normalized spacial score (nSPS) is 10.5. The molecule has 2 rings (SSSR count). The summed E-state index contributed by atoms with van der Waals surface area (Å²) in [6, 6.07) is 8.61. The highest BCUT2D eigenvalue weighted by molar-refractivity contribution is 7.07. The molecule has 2 aromatic rings. The molecule has 0 saturated carbocycles. The Labute approximate surface area is 112 Å². The third-order valence-corrected chi connectivity index (χ3v) is 3.81. The molecule has 17 heavy (non-hydrogen) atoms. The number of halogens is 1. The largest absolute Gasteiger partial charge is 0.370 e. The monoisotopic (exact) mass is 265 g/mol. The Balaban J connectivity index is 2.21. The molecule has 0 aliphatic rings. The second-order valence-corrected chi connectivity index (χ2v) is 5.30. The van der Waals surface area contributed by atoms with Crippen molar-refractivity contribution in [3.05, 3.63) is 51.7 Å². The van der Waals surface area contributed by atoms with Crippen LogP contribution in [-0.2, 0) is 12.4 Å². The average molecular weight is 266 g/mol. The zero-order valence-corrected chi connectivity index (χ0v) is 11.7. The highest BCUT2D eigenvalue weighted by atomic mass is 35.5. The fourth-order valence-corrected chi connectivity index (χ4v) is 2.81. The van der Waals surface area contributed by atoms with Gasteiger partial charge >= 0.3 is 0 Å². The Morgan fingerprint density at radius 1 is 1.29 bits per heavy atom. The van der Waals surface area contributed by atoms with Crippen molar-refractivity contribution in [2.75, 3.05) is 11.9 Å². The van der Waals surface area contributed by atoms with E-state index >= 15 is 0 Å². The molecule has 1 nitrogen and oxygen atoms in total. The van der Waals surface area contributed by atoms with Gasteiger partial charge in [0.2, 0.25) is 0 Å². The molecule has 0 atom stereocenters. The molecule has 0 amide bonds. The van der Waals surface area contributed by atoms with Crippen molar-refractivity contribution in [2.45, 2.75) is 19.3 Å². The van der Waals surface area contributed by atoms with Crippen LogP contribution in [0.5, 0.6) is 0 Å². The Morgan fingerprint density at radius 3 is 2.76 bits per heavy atom. The molecular weight excluding hydrogens is 250 g/mol. The number of aryl methyl sites for hydroxylation is 1. The smallest absolute Gasteiger partial charge is 0.0494 e. The molecule has 1 heterocycles. The summed E-state index contributed by atoms with van der Waals surface area (Å²) in [5.74, 6) is 0.561. The van der Waals surface area contributed by atoms with Crippen LogP contribution in [0.2, 0.25) is 0 Å². The Kier molecular flexibility index (Phi) is 4.08. The van der Waals surface area contributed by atoms with E-state index in [1.807, 2.05) is 0 Å². The van der Waals surface area contributed by atoms with E-state index in [4.69, 9.17) is 11.6 Å². The van der Waals surface area contributed by atoms with E-state index in [1.54, 1.807) is 11.3 Å². The quantitative estimate of drug-likeness (QED) is 0.739. The summed E-state index contributed by atoms with van der Waals surface area (Å²) in [6.45, 7) is 3.02. The van der Waals surface area contributed by atoms with Crippen LogP contribution in [0.25, 0.3) is 0 Å². The first-order valence-electron chi connectivity index (χ1n) is 5.58. The third kappa shape index (κ3) is 3.02. The van der Waals surface area contributed by atoms with E-state index in [0.29, 0.717) is 5.88 Å². The van der Waals surface area contributed by atoms with Crippen molar-refractivity contribution in [3.8, 4) is 0 Å². The molecule has 0 saturated heterocycles. The maximum atomic E-state index is 6.01. The lowest BCUT2D eigenvalue weighted by molar-refractivity contribution is 0.919. The van der Waals surface area contributed by atoms with Crippen LogP contribution in [-0.4, -0.2) is 7.05 Å². The minimum Gasteiger partial charge on any atom is -0.370 e. The molecule has 0 unspecified atom stereocenters. The van der Waals surface area contributed by atoms with Gasteiger partial charge < -0.3 is 4.90 Å². The zero-order valence-electron chi connectivity index (χ0n) is 10.1. The van der Waals surface area contributed by atoms with Gasteiger partial charge in [-0.3, -0.25) is 0 Å². The molecule has 0 fully saturated rings. The van der Waals surface area contributed by atoms with Crippen LogP contribution in [0.4, 0.5) is 5.69 Å². The van der Waals surface area contributed by atoms with Crippen LogP contribution in [0.3, 0.4) is 0 Å². The topological polar surface area (TPSA) is 3.24 Å². The summed E-state index contributed by atoms with van der Waals surface area (Å²) >= 11 is 7.74. The number of anilines is 1. The molecule has 0 aliphatic heterocycles. The SMILES string of the molecule is Cc1ccc(N(C)Cc2ccsc2)c(CCl)c1. The molecule has 0 N–H and O–H groups in total. The first-order chi connectivity index (χ1) is 8.20. The van der Waals surface area contributed by atoms with Gasteiger partial charge in [-0.25, -0.2) is 0 Å². The second-order valence-electron chi connectivity index (χ2n) is 4.25. The standard InChI is InChI=1S/C14H16ClNS/c1-11-3-4-14(13(7-11)8-15)16(2)9-12-5-6-17-10-12/h3-7,10H,8-9H2,1-2H3. The van der Waals surface area contributed by atoms with E-state index in [2.05, 4.69) is 53.9 Å². The average Bonchev–Trinajstić information content (AvgIpc) is 2.81. The lowest BCUT2D eigenvalue weighted by Crippen LogP contribution is -2.17. The maximum absolute atomic E-state index is 6.01. The van der Waals surface area contributed by atoms with Gasteiger partial charge in [0, 0.05) is 25.2 Å². The maximum Gasteiger partial charge on any atom is 0.0494 e. The number of rotatable bonds is 4. The van der Waals surface area contributed by atoms with E-state index in [1.165, 1.54) is 22.4 Å². The first-order valence-corrected chi connectivity index (χ1v) is 7.06. The van der Waals surface area contributed by atoms with E-state index in [0.717, 1.165) is 6.54 Å². The van der Waals surface area contributed by atoms with Crippen LogP contribution in [0.15, 0.2) is 35.0 Å². The number of thiophene rings is 1. The molecule has 0 aliphatic carbocycles. The molecule has 0 spiro atoms. The number of hydrogen-bond donors (Lipinski definition) is 0. The van der Waals surface area contributed by atoms with Gasteiger partial charge in [0.15, 0.2) is 0 Å². The van der Waals surface area contributed by atoms with Crippen molar-refractivity contribution in [1.29, 1.82) is 0 Å². The molecular formula is C14H16ClNS. The predicted octanol–water partition coefficient (Wildman–Crippen LogP) is 4.43. The Morgan fingerprint density at radius 2 is 2.12 bits per heavy atom. The van der Waals surface area contributed by atoms with Gasteiger partial charge in [0.25, 0.3) is 0 Å². The van der Waals surface area contributed by atoms with Gasteiger partial charge in [0.1, 0.15) is 0 Å². The zero-order chi connectivity index (χ0) is 12.3. The molecule has 90 valence electrons. The van der Waals surface area contributed by atoms with Crippen molar-refractivity contribution >= 4 is 28.6 Å². The first kappa shape index (κ1) is 12.5. The predicted molar refractivity (Wildman–Crippen MR) is 77.2 cm³/mol. The molecule has 1 aromatic carbocycles. The lowest BCUT2D eigenvalue weighted by atomic mass is 10.1. The lowest BCUT2D eigenvalue weighted by Gasteiger charge is -2.21. The number of nitrogens with zero attached hydrogens (tertiary/aromatic N) is 1. The number of benzene rings is 1. The highest BCUT2D eigenvalue weighted by Gasteiger charge is 2.07. The number of alkyl halides is 1. The fourth-order valence-electron chi connectivity index (χ4n) is 1.94. The molecule has 0 radical (unpaired) electrons. The summed E-state index contributed by atoms with van der Waals surface area (Å²) < 4.78 is 0.